The summed E-state index contributed by atoms with van der Waals surface area (Å²) in [6.45, 7) is 16.2. The molecule has 2 heterocycles. The fraction of sp³-hybridized carbons (Fsp3) is 0.350. The number of nitrogens with zero attached hydrogens (tertiary/aromatic N) is 1. The van der Waals surface area contributed by atoms with Crippen LogP contribution >= 0.6 is 11.3 Å². The summed E-state index contributed by atoms with van der Waals surface area (Å²) in [5, 5.41) is 9.03. The molecule has 25 heavy (non-hydrogen) atoms. The Kier molecular flexibility index (Phi) is 11.4. The third-order valence-electron chi connectivity index (χ3n) is 3.46. The first-order valence-electron chi connectivity index (χ1n) is 8.16. The Morgan fingerprint density at radius 1 is 1.40 bits per heavy atom. The molecule has 0 saturated carbocycles. The smallest absolute Gasteiger partial charge is 0.150 e. The Hall–Kier alpha value is -1.95. The van der Waals surface area contributed by atoms with Crippen molar-refractivity contribution in [3.63, 3.8) is 0 Å². The van der Waals surface area contributed by atoms with E-state index < -0.39 is 0 Å². The molecule has 0 saturated heterocycles. The van der Waals surface area contributed by atoms with Crippen molar-refractivity contribution in [3.05, 3.63) is 70.4 Å². The number of aliphatic hydroxyl groups is 1. The van der Waals surface area contributed by atoms with E-state index in [0.29, 0.717) is 12.2 Å². The van der Waals surface area contributed by atoms with Crippen molar-refractivity contribution in [1.82, 2.24) is 4.90 Å². The van der Waals surface area contributed by atoms with Crippen LogP contribution in [0.5, 0.6) is 0 Å². The second kappa shape index (κ2) is 12.4. The first kappa shape index (κ1) is 23.1. The summed E-state index contributed by atoms with van der Waals surface area (Å²) in [7, 11) is 1.00. The molecular weight excluding hydrogens is 334 g/mol. The average molecular weight is 364 g/mol. The van der Waals surface area contributed by atoms with Crippen molar-refractivity contribution in [2.24, 2.45) is 0 Å². The number of carbonyl (C=O) groups is 1. The van der Waals surface area contributed by atoms with Crippen molar-refractivity contribution in [2.75, 3.05) is 7.11 Å². The van der Waals surface area contributed by atoms with Crippen molar-refractivity contribution in [3.8, 4) is 0 Å². The summed E-state index contributed by atoms with van der Waals surface area (Å²) in [6.07, 6.45) is 4.15. The Morgan fingerprint density at radius 3 is 2.52 bits per heavy atom. The molecule has 1 N–H and O–H groups in total. The fourth-order valence-corrected chi connectivity index (χ4v) is 2.99. The number of carbonyl (C=O) groups excluding carboxylic acids is 1. The molecule has 0 aliphatic carbocycles. The van der Waals surface area contributed by atoms with Gasteiger partial charge in [0, 0.05) is 29.5 Å². The van der Waals surface area contributed by atoms with Crippen LogP contribution in [-0.4, -0.2) is 29.5 Å². The van der Waals surface area contributed by atoms with Crippen LogP contribution in [0.25, 0.3) is 0 Å². The minimum atomic E-state index is -0.162. The Balaban J connectivity index is 0.00000134. The second-order valence-corrected chi connectivity index (χ2v) is 5.84. The van der Waals surface area contributed by atoms with Crippen LogP contribution in [0, 0.1) is 0 Å². The maximum absolute atomic E-state index is 11.2. The maximum Gasteiger partial charge on any atom is 0.150 e. The van der Waals surface area contributed by atoms with Gasteiger partial charge in [0.1, 0.15) is 6.29 Å². The van der Waals surface area contributed by atoms with Crippen LogP contribution in [-0.2, 0) is 16.1 Å². The third kappa shape index (κ3) is 6.12. The number of aldehydes is 1. The third-order valence-corrected chi connectivity index (χ3v) is 4.31. The van der Waals surface area contributed by atoms with Gasteiger partial charge in [-0.15, -0.1) is 11.3 Å². The number of ether oxygens (including phenoxy) is 1. The molecule has 0 bridgehead atoms. The van der Waals surface area contributed by atoms with Gasteiger partial charge < -0.3 is 14.7 Å². The number of hydrogen-bond donors (Lipinski definition) is 1. The van der Waals surface area contributed by atoms with Crippen LogP contribution in [0.3, 0.4) is 0 Å². The second-order valence-electron chi connectivity index (χ2n) is 4.80. The average Bonchev–Trinajstić information content (AvgIpc) is 3.17. The summed E-state index contributed by atoms with van der Waals surface area (Å²) >= 11 is 1.66. The lowest BCUT2D eigenvalue weighted by Crippen LogP contribution is -2.29. The molecule has 0 amide bonds. The largest absolute Gasteiger partial charge is 0.400 e. The van der Waals surface area contributed by atoms with Crippen LogP contribution in [0.2, 0.25) is 0 Å². The molecule has 1 aliphatic heterocycles. The zero-order valence-corrected chi connectivity index (χ0v) is 16.6. The molecule has 0 fully saturated rings. The van der Waals surface area contributed by atoms with Crippen molar-refractivity contribution in [1.29, 1.82) is 0 Å². The van der Waals surface area contributed by atoms with Gasteiger partial charge in [-0.1, -0.05) is 33.1 Å². The first-order chi connectivity index (χ1) is 12.1. The summed E-state index contributed by atoms with van der Waals surface area (Å²) in [4.78, 5) is 14.2. The number of hydrogen-bond acceptors (Lipinski definition) is 5. The number of allylic oxidation sites excluding steroid dienone is 3. The highest BCUT2D eigenvalue weighted by Crippen LogP contribution is 2.31. The highest BCUT2D eigenvalue weighted by Gasteiger charge is 2.25. The quantitative estimate of drug-likeness (QED) is 0.747. The summed E-state index contributed by atoms with van der Waals surface area (Å²) in [6, 6.07) is 4.05. The lowest BCUT2D eigenvalue weighted by atomic mass is 9.98. The van der Waals surface area contributed by atoms with E-state index in [-0.39, 0.29) is 6.10 Å². The summed E-state index contributed by atoms with van der Waals surface area (Å²) < 4.78 is 5.95. The fourth-order valence-electron chi connectivity index (χ4n) is 2.36. The van der Waals surface area contributed by atoms with Crippen LogP contribution in [0.1, 0.15) is 32.6 Å². The summed E-state index contributed by atoms with van der Waals surface area (Å²) in [5.41, 5.74) is 3.17. The van der Waals surface area contributed by atoms with Gasteiger partial charge in [-0.05, 0) is 36.9 Å². The maximum atomic E-state index is 11.2. The molecule has 2 rings (SSSR count). The molecule has 1 unspecified atom stereocenters. The molecule has 5 heteroatoms. The van der Waals surface area contributed by atoms with Crippen molar-refractivity contribution < 1.29 is 14.6 Å². The predicted octanol–water partition coefficient (Wildman–Crippen LogP) is 4.66. The van der Waals surface area contributed by atoms with Crippen LogP contribution in [0.15, 0.2) is 65.5 Å². The molecular formula is C20H29NO3S. The number of rotatable bonds is 6. The lowest BCUT2D eigenvalue weighted by molar-refractivity contribution is -0.104. The minimum Gasteiger partial charge on any atom is -0.400 e. The van der Waals surface area contributed by atoms with Gasteiger partial charge in [-0.2, -0.15) is 0 Å². The van der Waals surface area contributed by atoms with Crippen LogP contribution in [0.4, 0.5) is 0 Å². The molecule has 1 atom stereocenters. The molecule has 0 spiro atoms. The zero-order valence-electron chi connectivity index (χ0n) is 15.8. The van der Waals surface area contributed by atoms with E-state index in [1.807, 2.05) is 50.1 Å². The van der Waals surface area contributed by atoms with E-state index in [1.54, 1.807) is 23.6 Å². The molecule has 1 aliphatic rings. The molecule has 0 aromatic carbocycles. The molecule has 1 aromatic rings. The van der Waals surface area contributed by atoms with Crippen LogP contribution < -0.4 is 0 Å². The normalized spacial score (nSPS) is 14.6. The van der Waals surface area contributed by atoms with E-state index in [4.69, 9.17) is 9.84 Å². The van der Waals surface area contributed by atoms with E-state index in [2.05, 4.69) is 13.2 Å². The minimum absolute atomic E-state index is 0.162. The Bertz CT molecular complexity index is 615. The van der Waals surface area contributed by atoms with Gasteiger partial charge >= 0.3 is 0 Å². The van der Waals surface area contributed by atoms with Gasteiger partial charge in [0.25, 0.3) is 0 Å². The van der Waals surface area contributed by atoms with E-state index in [0.717, 1.165) is 30.4 Å². The predicted molar refractivity (Wildman–Crippen MR) is 106 cm³/mol. The standard InChI is InChI=1S/C17H19NO2S.C2H6.CH4O/c1-5-18-12(2)9-15(10-19)13(3)17(18)14(4)20-11-16-7-6-8-21-16;2*1-2/h5-10,14H,1-2,11H2,3-4H3;1-2H3;2H,1H3. The first-order valence-corrected chi connectivity index (χ1v) is 9.03. The van der Waals surface area contributed by atoms with Gasteiger partial charge in [-0.3, -0.25) is 4.79 Å². The zero-order chi connectivity index (χ0) is 19.4. The van der Waals surface area contributed by atoms with Crippen molar-refractivity contribution in [2.45, 2.75) is 40.4 Å². The van der Waals surface area contributed by atoms with E-state index in [1.165, 1.54) is 4.88 Å². The SMILES string of the molecule is C=CN1C(=C)C=C(C=O)C(C)=C1C(C)OCc1cccs1.CC.CO. The number of aliphatic hydroxyl groups excluding tert-OH is 1. The van der Waals surface area contributed by atoms with Gasteiger partial charge in [0.2, 0.25) is 0 Å². The summed E-state index contributed by atoms with van der Waals surface area (Å²) in [5.74, 6) is 0. The molecule has 4 nitrogen and oxygen atoms in total. The van der Waals surface area contributed by atoms with E-state index in [9.17, 15) is 4.79 Å². The highest BCUT2D eigenvalue weighted by atomic mass is 32.1. The van der Waals surface area contributed by atoms with Crippen molar-refractivity contribution >= 4 is 17.6 Å². The van der Waals surface area contributed by atoms with E-state index >= 15 is 0 Å². The highest BCUT2D eigenvalue weighted by molar-refractivity contribution is 7.09. The van der Waals surface area contributed by atoms with Gasteiger partial charge in [0.05, 0.1) is 18.4 Å². The monoisotopic (exact) mass is 363 g/mol. The topological polar surface area (TPSA) is 49.8 Å². The van der Waals surface area contributed by atoms with Gasteiger partial charge in [-0.25, -0.2) is 0 Å². The van der Waals surface area contributed by atoms with Gasteiger partial charge in [0.15, 0.2) is 0 Å². The Labute approximate surface area is 155 Å². The molecule has 1 aromatic heterocycles. The number of thiophene rings is 1. The lowest BCUT2D eigenvalue weighted by Gasteiger charge is -2.33. The molecule has 138 valence electrons. The molecule has 0 radical (unpaired) electrons. The Morgan fingerprint density at radius 2 is 2.04 bits per heavy atom.